The summed E-state index contributed by atoms with van der Waals surface area (Å²) >= 11 is 0. The SMILES string of the molecule is COc1ccc(-c2ccc3ncc4c(c3c2)n(-c2ccc(N3CCN(C(=O)Oc5ccc(CC(=O)O)cc5)CC3)c(C(F)(F)F)c2)c(=O)n4C)cn1. The van der Waals surface area contributed by atoms with Gasteiger partial charge in [0.1, 0.15) is 5.75 Å². The van der Waals surface area contributed by atoms with Crippen molar-refractivity contribution in [1.29, 1.82) is 0 Å². The zero-order valence-electron chi connectivity index (χ0n) is 27.9. The molecule has 0 bridgehead atoms. The first-order valence-corrected chi connectivity index (χ1v) is 16.2. The van der Waals surface area contributed by atoms with Gasteiger partial charge >= 0.3 is 23.9 Å². The number of hydrogen-bond acceptors (Lipinski definition) is 8. The number of amides is 1. The number of ether oxygens (including phenoxy) is 2. The van der Waals surface area contributed by atoms with Gasteiger partial charge in [0, 0.05) is 62.1 Å². The smallest absolute Gasteiger partial charge is 0.418 e. The number of benzene rings is 3. The number of alkyl halides is 3. The van der Waals surface area contributed by atoms with E-state index in [-0.39, 0.29) is 49.7 Å². The molecular formula is C37H31F3N6O6. The number of pyridine rings is 2. The van der Waals surface area contributed by atoms with Crippen LogP contribution in [-0.4, -0.2) is 74.5 Å². The van der Waals surface area contributed by atoms with E-state index in [9.17, 15) is 27.6 Å². The Kier molecular flexibility index (Phi) is 8.78. The topological polar surface area (TPSA) is 132 Å². The van der Waals surface area contributed by atoms with E-state index in [0.717, 1.165) is 17.2 Å². The predicted molar refractivity (Wildman–Crippen MR) is 186 cm³/mol. The average molecular weight is 713 g/mol. The van der Waals surface area contributed by atoms with Crippen LogP contribution in [0.25, 0.3) is 38.8 Å². The van der Waals surface area contributed by atoms with E-state index in [4.69, 9.17) is 14.6 Å². The van der Waals surface area contributed by atoms with Gasteiger partial charge in [-0.3, -0.25) is 18.9 Å². The Hall–Kier alpha value is -6.38. The number of carboxylic acid groups (broad SMARTS) is 1. The Balaban J connectivity index is 1.19. The number of fused-ring (bicyclic) bond motifs is 3. The highest BCUT2D eigenvalue weighted by atomic mass is 19.4. The molecule has 15 heteroatoms. The molecule has 1 aliphatic heterocycles. The molecule has 0 aliphatic carbocycles. The summed E-state index contributed by atoms with van der Waals surface area (Å²) < 4.78 is 57.5. The third-order valence-corrected chi connectivity index (χ3v) is 9.07. The molecule has 266 valence electrons. The third kappa shape index (κ3) is 6.48. The second-order valence-electron chi connectivity index (χ2n) is 12.2. The van der Waals surface area contributed by atoms with Crippen molar-refractivity contribution in [3.05, 3.63) is 107 Å². The van der Waals surface area contributed by atoms with E-state index in [1.165, 1.54) is 51.6 Å². The maximum atomic E-state index is 14.8. The summed E-state index contributed by atoms with van der Waals surface area (Å²) in [7, 11) is 3.06. The molecule has 7 rings (SSSR count). The fourth-order valence-electron chi connectivity index (χ4n) is 6.40. The van der Waals surface area contributed by atoms with Crippen LogP contribution in [0.2, 0.25) is 0 Å². The van der Waals surface area contributed by atoms with E-state index in [1.807, 2.05) is 18.2 Å². The number of aromatic nitrogens is 4. The van der Waals surface area contributed by atoms with E-state index in [2.05, 4.69) is 9.97 Å². The number of hydrogen-bond donors (Lipinski definition) is 1. The lowest BCUT2D eigenvalue weighted by Crippen LogP contribution is -2.50. The van der Waals surface area contributed by atoms with E-state index < -0.39 is 29.5 Å². The third-order valence-electron chi connectivity index (χ3n) is 9.07. The number of carbonyl (C=O) groups is 2. The van der Waals surface area contributed by atoms with Crippen molar-refractivity contribution in [1.82, 2.24) is 24.0 Å². The van der Waals surface area contributed by atoms with Gasteiger partial charge in [-0.2, -0.15) is 13.2 Å². The van der Waals surface area contributed by atoms with Crippen molar-refractivity contribution < 1.29 is 37.3 Å². The van der Waals surface area contributed by atoms with Gasteiger partial charge in [-0.1, -0.05) is 18.2 Å². The summed E-state index contributed by atoms with van der Waals surface area (Å²) in [4.78, 5) is 49.2. The number of halogens is 3. The molecule has 0 radical (unpaired) electrons. The Morgan fingerprint density at radius 1 is 0.885 bits per heavy atom. The van der Waals surface area contributed by atoms with Crippen LogP contribution in [0.3, 0.4) is 0 Å². The quantitative estimate of drug-likeness (QED) is 0.215. The van der Waals surface area contributed by atoms with Crippen LogP contribution in [0.4, 0.5) is 23.7 Å². The zero-order valence-corrected chi connectivity index (χ0v) is 27.9. The van der Waals surface area contributed by atoms with E-state index >= 15 is 0 Å². The number of carboxylic acids is 1. The summed E-state index contributed by atoms with van der Waals surface area (Å²) in [6.07, 6.45) is -2.43. The first kappa shape index (κ1) is 34.1. The Labute approximate surface area is 293 Å². The van der Waals surface area contributed by atoms with Crippen LogP contribution in [-0.2, 0) is 24.4 Å². The lowest BCUT2D eigenvalue weighted by molar-refractivity contribution is -0.137. The highest BCUT2D eigenvalue weighted by molar-refractivity contribution is 6.04. The fraction of sp³-hybridized carbons (Fsp3) is 0.216. The van der Waals surface area contributed by atoms with Crippen LogP contribution < -0.4 is 20.1 Å². The molecule has 3 aromatic heterocycles. The Bertz CT molecular complexity index is 2380. The Morgan fingerprint density at radius 2 is 1.62 bits per heavy atom. The summed E-state index contributed by atoms with van der Waals surface area (Å²) in [6.45, 7) is 0.400. The standard InChI is InChI=1S/C37H31F3N6O6/c1-43-31-21-41-29-10-5-23(24-6-12-32(51-2)42-20-24)18-27(29)34(31)46(35(43)49)25-7-11-30(28(19-25)37(38,39)40)44-13-15-45(16-14-44)36(50)52-26-8-3-22(4-9-26)17-33(47)48/h3-12,18-21H,13-17H2,1-2H3,(H,47,48). The minimum Gasteiger partial charge on any atom is -0.481 e. The van der Waals surface area contributed by atoms with Gasteiger partial charge in [0.25, 0.3) is 0 Å². The first-order valence-electron chi connectivity index (χ1n) is 16.2. The molecule has 12 nitrogen and oxygen atoms in total. The number of imidazole rings is 1. The lowest BCUT2D eigenvalue weighted by atomic mass is 10.0. The summed E-state index contributed by atoms with van der Waals surface area (Å²) in [5.74, 6) is -0.326. The number of aryl methyl sites for hydroxylation is 1. The molecule has 1 fully saturated rings. The van der Waals surface area contributed by atoms with Crippen molar-refractivity contribution in [3.8, 4) is 28.4 Å². The lowest BCUT2D eigenvalue weighted by Gasteiger charge is -2.36. The number of aliphatic carboxylic acids is 1. The van der Waals surface area contributed by atoms with Crippen molar-refractivity contribution in [3.63, 3.8) is 0 Å². The Morgan fingerprint density at radius 3 is 2.27 bits per heavy atom. The largest absolute Gasteiger partial charge is 0.481 e. The van der Waals surface area contributed by atoms with E-state index in [1.54, 1.807) is 42.4 Å². The molecule has 0 spiro atoms. The highest BCUT2D eigenvalue weighted by Gasteiger charge is 2.37. The second kappa shape index (κ2) is 13.4. The van der Waals surface area contributed by atoms with E-state index in [0.29, 0.717) is 33.4 Å². The van der Waals surface area contributed by atoms with Crippen LogP contribution in [0.15, 0.2) is 90.0 Å². The van der Waals surface area contributed by atoms with Crippen molar-refractivity contribution in [2.45, 2.75) is 12.6 Å². The van der Waals surface area contributed by atoms with Gasteiger partial charge in [0.15, 0.2) is 0 Å². The van der Waals surface area contributed by atoms with Crippen LogP contribution in [0.5, 0.6) is 11.6 Å². The van der Waals surface area contributed by atoms with Crippen molar-refractivity contribution in [2.75, 3.05) is 38.2 Å². The maximum absolute atomic E-state index is 14.8. The number of anilines is 1. The van der Waals surface area contributed by atoms with Gasteiger partial charge in [-0.15, -0.1) is 0 Å². The van der Waals surface area contributed by atoms with Crippen LogP contribution in [0, 0.1) is 0 Å². The molecule has 6 aromatic rings. The molecule has 0 saturated carbocycles. The van der Waals surface area contributed by atoms with Gasteiger partial charge in [0.2, 0.25) is 5.88 Å². The molecule has 1 saturated heterocycles. The second-order valence-corrected chi connectivity index (χ2v) is 12.2. The average Bonchev–Trinajstić information content (AvgIpc) is 3.40. The minimum atomic E-state index is -4.76. The zero-order chi connectivity index (χ0) is 36.7. The van der Waals surface area contributed by atoms with Crippen LogP contribution >= 0.6 is 0 Å². The molecule has 3 aromatic carbocycles. The van der Waals surface area contributed by atoms with Crippen LogP contribution in [0.1, 0.15) is 11.1 Å². The number of methoxy groups -OCH3 is 1. The molecule has 1 amide bonds. The summed E-state index contributed by atoms with van der Waals surface area (Å²) in [6, 6.07) is 18.9. The number of carbonyl (C=O) groups excluding carboxylic acids is 1. The molecule has 4 heterocycles. The van der Waals surface area contributed by atoms with Crippen molar-refractivity contribution in [2.24, 2.45) is 7.05 Å². The molecular weight excluding hydrogens is 681 g/mol. The number of piperazine rings is 1. The van der Waals surface area contributed by atoms with Crippen molar-refractivity contribution >= 4 is 39.7 Å². The minimum absolute atomic E-state index is 0.0345. The molecule has 1 N–H and O–H groups in total. The molecule has 0 unspecified atom stereocenters. The number of nitrogens with zero attached hydrogens (tertiary/aromatic N) is 6. The maximum Gasteiger partial charge on any atom is 0.418 e. The van der Waals surface area contributed by atoms with Gasteiger partial charge in [-0.05, 0) is 59.7 Å². The molecule has 0 atom stereocenters. The fourth-order valence-corrected chi connectivity index (χ4v) is 6.40. The number of rotatable bonds is 7. The monoisotopic (exact) mass is 712 g/mol. The first-order chi connectivity index (χ1) is 24.9. The summed E-state index contributed by atoms with van der Waals surface area (Å²) in [5, 5.41) is 9.51. The molecule has 52 heavy (non-hydrogen) atoms. The normalized spacial score (nSPS) is 13.5. The molecule has 1 aliphatic rings. The van der Waals surface area contributed by atoms with Gasteiger partial charge in [-0.25, -0.2) is 14.6 Å². The highest BCUT2D eigenvalue weighted by Crippen LogP contribution is 2.39. The predicted octanol–water partition coefficient (Wildman–Crippen LogP) is 5.91. The van der Waals surface area contributed by atoms with Gasteiger partial charge in [0.05, 0.1) is 47.5 Å². The van der Waals surface area contributed by atoms with Gasteiger partial charge < -0.3 is 24.4 Å². The summed E-state index contributed by atoms with van der Waals surface area (Å²) in [5.41, 5.74) is 1.98.